The van der Waals surface area contributed by atoms with Gasteiger partial charge in [-0.1, -0.05) is 30.3 Å². The van der Waals surface area contributed by atoms with Crippen LogP contribution in [0.1, 0.15) is 0 Å². The first-order chi connectivity index (χ1) is 12.5. The molecule has 0 fully saturated rings. The first-order valence-electron chi connectivity index (χ1n) is 7.80. The molecule has 0 unspecified atom stereocenters. The predicted molar refractivity (Wildman–Crippen MR) is 104 cm³/mol. The van der Waals surface area contributed by atoms with Gasteiger partial charge in [0.25, 0.3) is 10.0 Å². The molecule has 26 heavy (non-hydrogen) atoms. The Hall–Kier alpha value is -2.90. The number of para-hydroxylation sites is 1. The lowest BCUT2D eigenvalue weighted by Crippen LogP contribution is -2.12. The van der Waals surface area contributed by atoms with Crippen LogP contribution >= 0.6 is 11.3 Å². The summed E-state index contributed by atoms with van der Waals surface area (Å²) in [5, 5.41) is 11.1. The Balaban J connectivity index is 1.66. The maximum absolute atomic E-state index is 12.4. The number of nitrogens with zero attached hydrogens (tertiary/aromatic N) is 1. The number of phenols is 1. The van der Waals surface area contributed by atoms with Gasteiger partial charge in [-0.15, -0.1) is 11.3 Å². The highest BCUT2D eigenvalue weighted by molar-refractivity contribution is 7.92. The zero-order chi connectivity index (χ0) is 18.1. The number of aromatic nitrogens is 1. The van der Waals surface area contributed by atoms with Crippen molar-refractivity contribution >= 4 is 37.3 Å². The van der Waals surface area contributed by atoms with E-state index in [1.165, 1.54) is 29.5 Å². The molecule has 7 heteroatoms. The predicted octanol–water partition coefficient (Wildman–Crippen LogP) is 4.47. The largest absolute Gasteiger partial charge is 0.507 e. The number of benzene rings is 3. The molecule has 0 radical (unpaired) electrons. The molecule has 0 aliphatic carbocycles. The van der Waals surface area contributed by atoms with Crippen LogP contribution in [-0.2, 0) is 10.0 Å². The normalized spacial score (nSPS) is 11.5. The second-order valence-electron chi connectivity index (χ2n) is 5.64. The molecule has 0 amide bonds. The zero-order valence-corrected chi connectivity index (χ0v) is 15.1. The van der Waals surface area contributed by atoms with E-state index in [1.54, 1.807) is 30.3 Å². The number of aromatic hydroxyl groups is 1. The van der Waals surface area contributed by atoms with E-state index >= 15 is 0 Å². The molecule has 0 atom stereocenters. The third-order valence-electron chi connectivity index (χ3n) is 3.83. The summed E-state index contributed by atoms with van der Waals surface area (Å²) in [6.45, 7) is 0. The maximum Gasteiger partial charge on any atom is 0.261 e. The van der Waals surface area contributed by atoms with Gasteiger partial charge >= 0.3 is 0 Å². The molecule has 5 nitrogen and oxygen atoms in total. The van der Waals surface area contributed by atoms with Crippen molar-refractivity contribution in [3.8, 4) is 16.3 Å². The monoisotopic (exact) mass is 382 g/mol. The molecule has 0 aliphatic heterocycles. The molecular weight excluding hydrogens is 368 g/mol. The van der Waals surface area contributed by atoms with Crippen molar-refractivity contribution in [2.75, 3.05) is 4.72 Å². The highest BCUT2D eigenvalue weighted by atomic mass is 32.2. The number of thiazole rings is 1. The number of sulfonamides is 1. The zero-order valence-electron chi connectivity index (χ0n) is 13.5. The summed E-state index contributed by atoms with van der Waals surface area (Å²) in [7, 11) is -3.70. The third-order valence-corrected chi connectivity index (χ3v) is 6.29. The standard InChI is InChI=1S/C19H14N2O3S2/c22-17-12-13(21-26(23,24)14-6-2-1-3-7-14)10-11-15(17)19-20-16-8-4-5-9-18(16)25-19/h1-12,21-22H. The van der Waals surface area contributed by atoms with Gasteiger partial charge in [-0.05, 0) is 36.4 Å². The second kappa shape index (κ2) is 6.44. The van der Waals surface area contributed by atoms with Gasteiger partial charge in [-0.25, -0.2) is 13.4 Å². The van der Waals surface area contributed by atoms with E-state index in [9.17, 15) is 13.5 Å². The Morgan fingerprint density at radius 2 is 1.65 bits per heavy atom. The summed E-state index contributed by atoms with van der Waals surface area (Å²) >= 11 is 1.47. The fourth-order valence-electron chi connectivity index (χ4n) is 2.58. The van der Waals surface area contributed by atoms with E-state index in [0.29, 0.717) is 10.6 Å². The van der Waals surface area contributed by atoms with E-state index in [1.807, 2.05) is 24.3 Å². The van der Waals surface area contributed by atoms with Gasteiger partial charge in [0.05, 0.1) is 26.4 Å². The van der Waals surface area contributed by atoms with Gasteiger partial charge in [0, 0.05) is 6.07 Å². The molecule has 3 aromatic carbocycles. The molecular formula is C19H14N2O3S2. The fraction of sp³-hybridized carbons (Fsp3) is 0. The number of phenolic OH excluding ortho intramolecular Hbond substituents is 1. The quantitative estimate of drug-likeness (QED) is 0.546. The number of hydrogen-bond donors (Lipinski definition) is 2. The molecule has 4 aromatic rings. The van der Waals surface area contributed by atoms with E-state index in [0.717, 1.165) is 10.2 Å². The molecule has 0 bridgehead atoms. The van der Waals surface area contributed by atoms with E-state index in [2.05, 4.69) is 9.71 Å². The maximum atomic E-state index is 12.4. The number of fused-ring (bicyclic) bond motifs is 1. The van der Waals surface area contributed by atoms with Crippen LogP contribution < -0.4 is 4.72 Å². The van der Waals surface area contributed by atoms with Crippen molar-refractivity contribution in [1.82, 2.24) is 4.98 Å². The average molecular weight is 382 g/mol. The minimum Gasteiger partial charge on any atom is -0.507 e. The Bertz CT molecular complexity index is 1150. The molecule has 1 heterocycles. The van der Waals surface area contributed by atoms with Crippen molar-refractivity contribution < 1.29 is 13.5 Å². The van der Waals surface area contributed by atoms with Crippen LogP contribution in [0.25, 0.3) is 20.8 Å². The van der Waals surface area contributed by atoms with Crippen LogP contribution in [0.4, 0.5) is 5.69 Å². The highest BCUT2D eigenvalue weighted by Gasteiger charge is 2.16. The van der Waals surface area contributed by atoms with Gasteiger partial charge in [0.15, 0.2) is 0 Å². The third kappa shape index (κ3) is 3.14. The van der Waals surface area contributed by atoms with Crippen molar-refractivity contribution in [3.63, 3.8) is 0 Å². The first-order valence-corrected chi connectivity index (χ1v) is 10.1. The van der Waals surface area contributed by atoms with Gasteiger partial charge < -0.3 is 5.11 Å². The molecule has 0 spiro atoms. The van der Waals surface area contributed by atoms with Gasteiger partial charge in [0.2, 0.25) is 0 Å². The lowest BCUT2D eigenvalue weighted by molar-refractivity contribution is 0.477. The van der Waals surface area contributed by atoms with Gasteiger partial charge in [-0.3, -0.25) is 4.72 Å². The minimum absolute atomic E-state index is 0.0303. The number of hydrogen-bond acceptors (Lipinski definition) is 5. The lowest BCUT2D eigenvalue weighted by Gasteiger charge is -2.09. The Kier molecular flexibility index (Phi) is 4.10. The van der Waals surface area contributed by atoms with Crippen LogP contribution in [0.15, 0.2) is 77.7 Å². The Morgan fingerprint density at radius 1 is 0.923 bits per heavy atom. The highest BCUT2D eigenvalue weighted by Crippen LogP contribution is 2.36. The number of anilines is 1. The first kappa shape index (κ1) is 16.6. The Morgan fingerprint density at radius 3 is 2.38 bits per heavy atom. The molecule has 130 valence electrons. The SMILES string of the molecule is O=S(=O)(Nc1ccc(-c2nc3ccccc3s2)c(O)c1)c1ccccc1. The molecule has 0 aliphatic rings. The molecule has 2 N–H and O–H groups in total. The van der Waals surface area contributed by atoms with Crippen molar-refractivity contribution in [3.05, 3.63) is 72.8 Å². The molecule has 0 saturated heterocycles. The fourth-order valence-corrected chi connectivity index (χ4v) is 4.65. The van der Waals surface area contributed by atoms with Crippen LogP contribution in [0.2, 0.25) is 0 Å². The smallest absolute Gasteiger partial charge is 0.261 e. The van der Waals surface area contributed by atoms with Crippen molar-refractivity contribution in [2.45, 2.75) is 4.90 Å². The summed E-state index contributed by atoms with van der Waals surface area (Å²) in [5.41, 5.74) is 1.71. The van der Waals surface area contributed by atoms with Crippen molar-refractivity contribution in [1.29, 1.82) is 0 Å². The second-order valence-corrected chi connectivity index (χ2v) is 8.35. The van der Waals surface area contributed by atoms with E-state index in [-0.39, 0.29) is 16.3 Å². The van der Waals surface area contributed by atoms with E-state index < -0.39 is 10.0 Å². The van der Waals surface area contributed by atoms with Crippen LogP contribution in [0.3, 0.4) is 0 Å². The van der Waals surface area contributed by atoms with Crippen LogP contribution in [0.5, 0.6) is 5.75 Å². The topological polar surface area (TPSA) is 79.3 Å². The minimum atomic E-state index is -3.70. The molecule has 4 rings (SSSR count). The van der Waals surface area contributed by atoms with E-state index in [4.69, 9.17) is 0 Å². The van der Waals surface area contributed by atoms with Crippen LogP contribution in [0, 0.1) is 0 Å². The summed E-state index contributed by atoms with van der Waals surface area (Å²) in [6, 6.07) is 20.5. The van der Waals surface area contributed by atoms with Gasteiger partial charge in [-0.2, -0.15) is 0 Å². The summed E-state index contributed by atoms with van der Waals surface area (Å²) in [5.74, 6) is -0.0303. The Labute approximate surface area is 154 Å². The number of nitrogens with one attached hydrogen (secondary N) is 1. The number of rotatable bonds is 4. The van der Waals surface area contributed by atoms with Gasteiger partial charge in [0.1, 0.15) is 10.8 Å². The van der Waals surface area contributed by atoms with Crippen LogP contribution in [-0.4, -0.2) is 18.5 Å². The summed E-state index contributed by atoms with van der Waals surface area (Å²) < 4.78 is 28.3. The summed E-state index contributed by atoms with van der Waals surface area (Å²) in [4.78, 5) is 4.68. The lowest BCUT2D eigenvalue weighted by atomic mass is 10.2. The molecule has 1 aromatic heterocycles. The van der Waals surface area contributed by atoms with Crippen molar-refractivity contribution in [2.24, 2.45) is 0 Å². The molecule has 0 saturated carbocycles. The average Bonchev–Trinajstić information content (AvgIpc) is 3.06. The summed E-state index contributed by atoms with van der Waals surface area (Å²) in [6.07, 6.45) is 0.